The molecular formula is C19H14ClN7S. The second-order valence-corrected chi connectivity index (χ2v) is 7.80. The molecule has 0 unspecified atom stereocenters. The third kappa shape index (κ3) is 2.78. The third-order valence-electron chi connectivity index (χ3n) is 4.47. The van der Waals surface area contributed by atoms with Crippen LogP contribution in [0.25, 0.3) is 32.7 Å². The van der Waals surface area contributed by atoms with Gasteiger partial charge in [0.25, 0.3) is 0 Å². The molecule has 3 heterocycles. The number of aromatic nitrogens is 7. The first kappa shape index (κ1) is 17.0. The topological polar surface area (TPSA) is 73.8 Å². The van der Waals surface area contributed by atoms with Crippen LogP contribution < -0.4 is 0 Å². The van der Waals surface area contributed by atoms with Crippen LogP contribution in [0.3, 0.4) is 0 Å². The summed E-state index contributed by atoms with van der Waals surface area (Å²) in [4.78, 5) is 0.698. The highest BCUT2D eigenvalue weighted by Crippen LogP contribution is 2.29. The van der Waals surface area contributed by atoms with Crippen LogP contribution in [-0.4, -0.2) is 34.8 Å². The van der Waals surface area contributed by atoms with Crippen molar-refractivity contribution in [3.63, 3.8) is 0 Å². The minimum atomic E-state index is 0.572. The van der Waals surface area contributed by atoms with E-state index in [-0.39, 0.29) is 0 Å². The molecular weight excluding hydrogens is 394 g/mol. The molecule has 5 rings (SSSR count). The second kappa shape index (κ2) is 6.50. The molecule has 2 aromatic carbocycles. The second-order valence-electron chi connectivity index (χ2n) is 6.40. The lowest BCUT2D eigenvalue weighted by Crippen LogP contribution is -1.99. The number of hydrogen-bond donors (Lipinski definition) is 0. The van der Waals surface area contributed by atoms with Crippen LogP contribution in [0.5, 0.6) is 0 Å². The number of benzene rings is 2. The van der Waals surface area contributed by atoms with E-state index in [1.807, 2.05) is 55.5 Å². The highest BCUT2D eigenvalue weighted by molar-refractivity contribution is 7.19. The van der Waals surface area contributed by atoms with Gasteiger partial charge < -0.3 is 0 Å². The molecule has 0 N–H and O–H groups in total. The summed E-state index contributed by atoms with van der Waals surface area (Å²) in [5.74, 6) is 0.572. The molecule has 28 heavy (non-hydrogen) atoms. The van der Waals surface area contributed by atoms with Gasteiger partial charge in [0.1, 0.15) is 5.01 Å². The van der Waals surface area contributed by atoms with Crippen LogP contribution in [-0.2, 0) is 0 Å². The molecule has 138 valence electrons. The van der Waals surface area contributed by atoms with Gasteiger partial charge in [0.15, 0.2) is 5.69 Å². The Labute approximate surface area is 169 Å². The third-order valence-corrected chi connectivity index (χ3v) is 5.67. The normalized spacial score (nSPS) is 11.4. The fraction of sp³-hybridized carbons (Fsp3) is 0.105. The van der Waals surface area contributed by atoms with E-state index < -0.39 is 0 Å². The Morgan fingerprint density at radius 3 is 2.39 bits per heavy atom. The maximum absolute atomic E-state index is 5.98. The number of nitrogens with zero attached hydrogens (tertiary/aromatic N) is 7. The van der Waals surface area contributed by atoms with Crippen LogP contribution in [0.2, 0.25) is 5.02 Å². The Morgan fingerprint density at radius 2 is 1.64 bits per heavy atom. The standard InChI is InChI=1S/C19H14ClN7S/c1-11-3-9-15(10-4-11)26-12(2)16(21-25-26)17-22-23-19-27(17)24-18(28-19)13-5-7-14(20)8-6-13/h3-10H,1-2H3. The van der Waals surface area contributed by atoms with Crippen molar-refractivity contribution in [2.45, 2.75) is 13.8 Å². The molecule has 9 heteroatoms. The van der Waals surface area contributed by atoms with Crippen LogP contribution >= 0.6 is 22.9 Å². The van der Waals surface area contributed by atoms with Gasteiger partial charge in [-0.1, -0.05) is 58.0 Å². The van der Waals surface area contributed by atoms with E-state index in [1.165, 1.54) is 16.9 Å². The van der Waals surface area contributed by atoms with Gasteiger partial charge in [0.05, 0.1) is 11.4 Å². The van der Waals surface area contributed by atoms with Crippen LogP contribution in [0, 0.1) is 13.8 Å². The predicted molar refractivity (Wildman–Crippen MR) is 109 cm³/mol. The van der Waals surface area contributed by atoms with Crippen molar-refractivity contribution in [2.24, 2.45) is 0 Å². The highest BCUT2D eigenvalue weighted by atomic mass is 35.5. The van der Waals surface area contributed by atoms with Crippen molar-refractivity contribution >= 4 is 27.9 Å². The van der Waals surface area contributed by atoms with Crippen LogP contribution in [0.1, 0.15) is 11.3 Å². The van der Waals surface area contributed by atoms with Gasteiger partial charge in [0, 0.05) is 10.6 Å². The molecule has 0 radical (unpaired) electrons. The first-order valence-electron chi connectivity index (χ1n) is 8.58. The minimum absolute atomic E-state index is 0.572. The number of halogens is 1. The first-order chi connectivity index (χ1) is 13.6. The molecule has 0 fully saturated rings. The summed E-state index contributed by atoms with van der Waals surface area (Å²) < 4.78 is 3.51. The number of hydrogen-bond acceptors (Lipinski definition) is 6. The summed E-state index contributed by atoms with van der Waals surface area (Å²) in [5.41, 5.74) is 4.65. The van der Waals surface area contributed by atoms with Gasteiger partial charge >= 0.3 is 0 Å². The zero-order chi connectivity index (χ0) is 19.3. The fourth-order valence-corrected chi connectivity index (χ4v) is 3.91. The molecule has 0 aliphatic rings. The summed E-state index contributed by atoms with van der Waals surface area (Å²) in [6.45, 7) is 4.01. The maximum Gasteiger partial charge on any atom is 0.235 e. The van der Waals surface area contributed by atoms with Gasteiger partial charge in [-0.15, -0.1) is 15.3 Å². The molecule has 7 nitrogen and oxygen atoms in total. The molecule has 0 spiro atoms. The largest absolute Gasteiger partial charge is 0.235 e. The Hall–Kier alpha value is -3.10. The molecule has 0 aliphatic heterocycles. The van der Waals surface area contributed by atoms with Gasteiger partial charge in [0.2, 0.25) is 10.8 Å². The lowest BCUT2D eigenvalue weighted by atomic mass is 10.2. The average Bonchev–Trinajstić information content (AvgIpc) is 3.38. The van der Waals surface area contributed by atoms with Gasteiger partial charge in [-0.2, -0.15) is 9.61 Å². The number of fused-ring (bicyclic) bond motifs is 1. The zero-order valence-corrected chi connectivity index (χ0v) is 16.6. The van der Waals surface area contributed by atoms with Crippen molar-refractivity contribution in [1.29, 1.82) is 0 Å². The quantitative estimate of drug-likeness (QED) is 0.444. The molecule has 0 atom stereocenters. The van der Waals surface area contributed by atoms with Crippen molar-refractivity contribution in [3.8, 4) is 27.8 Å². The fourth-order valence-electron chi connectivity index (χ4n) is 2.94. The van der Waals surface area contributed by atoms with Crippen molar-refractivity contribution < 1.29 is 0 Å². The van der Waals surface area contributed by atoms with E-state index in [0.29, 0.717) is 21.5 Å². The summed E-state index contributed by atoms with van der Waals surface area (Å²) >= 11 is 7.44. The molecule has 0 aliphatic carbocycles. The van der Waals surface area contributed by atoms with E-state index in [9.17, 15) is 0 Å². The SMILES string of the molecule is Cc1ccc(-n2nnc(-c3nnc4sc(-c5ccc(Cl)cc5)nn34)c2C)cc1. The van der Waals surface area contributed by atoms with Gasteiger partial charge in [-0.05, 0) is 38.1 Å². The molecule has 5 aromatic rings. The predicted octanol–water partition coefficient (Wildman–Crippen LogP) is 4.37. The van der Waals surface area contributed by atoms with Crippen molar-refractivity contribution in [3.05, 3.63) is 64.8 Å². The Bertz CT molecular complexity index is 1280. The van der Waals surface area contributed by atoms with Gasteiger partial charge in [-0.25, -0.2) is 4.68 Å². The van der Waals surface area contributed by atoms with E-state index >= 15 is 0 Å². The highest BCUT2D eigenvalue weighted by Gasteiger charge is 2.20. The van der Waals surface area contributed by atoms with E-state index in [0.717, 1.165) is 22.0 Å². The lowest BCUT2D eigenvalue weighted by molar-refractivity contribution is 0.785. The van der Waals surface area contributed by atoms with Crippen molar-refractivity contribution in [2.75, 3.05) is 0 Å². The molecule has 3 aromatic heterocycles. The molecule has 0 bridgehead atoms. The average molecular weight is 408 g/mol. The van der Waals surface area contributed by atoms with Crippen LogP contribution in [0.4, 0.5) is 0 Å². The summed E-state index contributed by atoms with van der Waals surface area (Å²) in [6, 6.07) is 15.7. The summed E-state index contributed by atoms with van der Waals surface area (Å²) in [7, 11) is 0. The monoisotopic (exact) mass is 407 g/mol. The van der Waals surface area contributed by atoms with Gasteiger partial charge in [-0.3, -0.25) is 0 Å². The van der Waals surface area contributed by atoms with Crippen molar-refractivity contribution in [1.82, 2.24) is 34.8 Å². The Morgan fingerprint density at radius 1 is 0.893 bits per heavy atom. The maximum atomic E-state index is 5.98. The zero-order valence-electron chi connectivity index (χ0n) is 15.0. The minimum Gasteiger partial charge on any atom is -0.217 e. The summed E-state index contributed by atoms with van der Waals surface area (Å²) in [6.07, 6.45) is 0. The molecule has 0 saturated carbocycles. The molecule has 0 amide bonds. The molecule has 0 saturated heterocycles. The van der Waals surface area contributed by atoms with E-state index in [1.54, 1.807) is 9.20 Å². The smallest absolute Gasteiger partial charge is 0.217 e. The lowest BCUT2D eigenvalue weighted by Gasteiger charge is -2.03. The van der Waals surface area contributed by atoms with E-state index in [4.69, 9.17) is 11.6 Å². The van der Waals surface area contributed by atoms with E-state index in [2.05, 4.69) is 32.5 Å². The Balaban J connectivity index is 1.58. The number of aryl methyl sites for hydroxylation is 1. The summed E-state index contributed by atoms with van der Waals surface area (Å²) in [5, 5.41) is 23.4. The Kier molecular flexibility index (Phi) is 3.96. The van der Waals surface area contributed by atoms with Crippen LogP contribution in [0.15, 0.2) is 48.5 Å². The number of rotatable bonds is 3. The first-order valence-corrected chi connectivity index (χ1v) is 9.77.